The third-order valence-electron chi connectivity index (χ3n) is 4.57. The molecule has 0 aliphatic heterocycles. The van der Waals surface area contributed by atoms with E-state index >= 15 is 0 Å². The van der Waals surface area contributed by atoms with Crippen LogP contribution in [0.2, 0.25) is 5.02 Å². The second-order valence-corrected chi connectivity index (χ2v) is 8.85. The van der Waals surface area contributed by atoms with E-state index in [1.807, 2.05) is 6.92 Å². The molecule has 6 heteroatoms. The molecule has 0 spiro atoms. The maximum Gasteiger partial charge on any atom is 0.271 e. The van der Waals surface area contributed by atoms with Crippen LogP contribution in [0.1, 0.15) is 16.7 Å². The Hall–Kier alpha value is -3.15. The highest BCUT2D eigenvalue weighted by molar-refractivity contribution is 7.93. The second kappa shape index (κ2) is 8.69. The number of aryl methyl sites for hydroxylation is 1. The minimum atomic E-state index is -4.18. The van der Waals surface area contributed by atoms with Gasteiger partial charge in [-0.15, -0.1) is 0 Å². The number of hydrogen-bond acceptors (Lipinski definition) is 3. The third kappa shape index (κ3) is 4.22. The Morgan fingerprint density at radius 3 is 2.17 bits per heavy atom. The van der Waals surface area contributed by atoms with Crippen molar-refractivity contribution in [1.29, 1.82) is 0 Å². The number of carbonyl (C=O) groups excluding carboxylic acids is 1. The molecule has 1 amide bonds. The van der Waals surface area contributed by atoms with Gasteiger partial charge >= 0.3 is 0 Å². The third-order valence-corrected chi connectivity index (χ3v) is 6.55. The van der Waals surface area contributed by atoms with Crippen LogP contribution < -0.4 is 4.31 Å². The first kappa shape index (κ1) is 21.6. The monoisotopic (exact) mass is 437 g/mol. The number of amides is 1. The number of benzene rings is 3. The van der Waals surface area contributed by atoms with E-state index in [1.54, 1.807) is 60.7 Å². The Bertz CT molecular complexity index is 1210. The van der Waals surface area contributed by atoms with Crippen LogP contribution in [-0.2, 0) is 14.8 Å². The molecule has 0 fully saturated rings. The van der Waals surface area contributed by atoms with E-state index in [1.165, 1.54) is 12.1 Å². The fourth-order valence-corrected chi connectivity index (χ4v) is 4.52. The molecule has 30 heavy (non-hydrogen) atoms. The van der Waals surface area contributed by atoms with Crippen LogP contribution in [0.15, 0.2) is 96.9 Å². The Kier molecular flexibility index (Phi) is 6.25. The number of para-hydroxylation sites is 1. The first-order valence-corrected chi connectivity index (χ1v) is 10.9. The number of hydrogen-bond donors (Lipinski definition) is 0. The molecule has 0 radical (unpaired) electrons. The molecule has 0 unspecified atom stereocenters. The molecule has 3 aromatic rings. The van der Waals surface area contributed by atoms with Gasteiger partial charge in [-0.1, -0.05) is 72.8 Å². The summed E-state index contributed by atoms with van der Waals surface area (Å²) in [6, 6.07) is 20.1. The van der Waals surface area contributed by atoms with E-state index in [9.17, 15) is 13.2 Å². The highest BCUT2D eigenvalue weighted by Gasteiger charge is 2.31. The molecule has 0 aliphatic carbocycles. The van der Waals surface area contributed by atoms with Crippen LogP contribution in [0, 0.1) is 6.92 Å². The van der Waals surface area contributed by atoms with Crippen molar-refractivity contribution in [2.75, 3.05) is 4.31 Å². The Labute approximate surface area is 181 Å². The summed E-state index contributed by atoms with van der Waals surface area (Å²) in [5, 5.41) is 0.574. The molecule has 0 saturated carbocycles. The lowest BCUT2D eigenvalue weighted by Crippen LogP contribution is -2.36. The van der Waals surface area contributed by atoms with Gasteiger partial charge in [-0.25, -0.2) is 8.42 Å². The molecule has 0 saturated heterocycles. The van der Waals surface area contributed by atoms with Gasteiger partial charge < -0.3 is 0 Å². The van der Waals surface area contributed by atoms with Gasteiger partial charge in [0.2, 0.25) is 0 Å². The zero-order chi connectivity index (χ0) is 21.9. The smallest absolute Gasteiger partial charge is 0.268 e. The molecular formula is C24H20ClNO3S. The van der Waals surface area contributed by atoms with Crippen molar-refractivity contribution in [3.8, 4) is 0 Å². The van der Waals surface area contributed by atoms with Gasteiger partial charge in [0, 0.05) is 10.6 Å². The maximum atomic E-state index is 13.4. The summed E-state index contributed by atoms with van der Waals surface area (Å²) in [7, 11) is -4.18. The van der Waals surface area contributed by atoms with Crippen molar-refractivity contribution in [2.24, 2.45) is 0 Å². The average Bonchev–Trinajstić information content (AvgIpc) is 2.74. The molecule has 0 N–H and O–H groups in total. The van der Waals surface area contributed by atoms with Crippen molar-refractivity contribution < 1.29 is 13.2 Å². The second-order valence-electron chi connectivity index (χ2n) is 6.63. The predicted molar refractivity (Wildman–Crippen MR) is 122 cm³/mol. The summed E-state index contributed by atoms with van der Waals surface area (Å²) in [4.78, 5) is 12.7. The van der Waals surface area contributed by atoms with Gasteiger partial charge in [-0.3, -0.25) is 4.79 Å². The molecule has 0 aromatic heterocycles. The van der Waals surface area contributed by atoms with E-state index < -0.39 is 15.9 Å². The summed E-state index contributed by atoms with van der Waals surface area (Å²) in [5.74, 6) is -0.757. The topological polar surface area (TPSA) is 54.5 Å². The highest BCUT2D eigenvalue weighted by Crippen LogP contribution is 2.34. The van der Waals surface area contributed by atoms with E-state index in [0.717, 1.165) is 21.5 Å². The van der Waals surface area contributed by atoms with Gasteiger partial charge in [-0.2, -0.15) is 4.31 Å². The molecule has 0 atom stereocenters. The lowest BCUT2D eigenvalue weighted by atomic mass is 9.98. The van der Waals surface area contributed by atoms with Crippen molar-refractivity contribution in [3.05, 3.63) is 114 Å². The Morgan fingerprint density at radius 1 is 0.967 bits per heavy atom. The number of nitrogens with zero attached hydrogens (tertiary/aromatic N) is 1. The van der Waals surface area contributed by atoms with E-state index in [0.29, 0.717) is 16.2 Å². The SMILES string of the molecule is C=CC(=O)N(c1ccccc1C(=C)c1ccc(Cl)cc1)S(=O)(=O)c1ccc(C)cc1. The molecule has 3 aromatic carbocycles. The highest BCUT2D eigenvalue weighted by atomic mass is 35.5. The number of rotatable bonds is 6. The molecule has 4 nitrogen and oxygen atoms in total. The van der Waals surface area contributed by atoms with Gasteiger partial charge in [-0.05, 0) is 54.5 Å². The normalized spacial score (nSPS) is 11.0. The summed E-state index contributed by atoms with van der Waals surface area (Å²) in [6.07, 6.45) is 0.980. The van der Waals surface area contributed by atoms with Gasteiger partial charge in [0.15, 0.2) is 0 Å². The zero-order valence-electron chi connectivity index (χ0n) is 16.4. The fraction of sp³-hybridized carbons (Fsp3) is 0.0417. The number of halogens is 1. The van der Waals surface area contributed by atoms with Crippen LogP contribution >= 0.6 is 11.6 Å². The Balaban J connectivity index is 2.18. The van der Waals surface area contributed by atoms with Crippen molar-refractivity contribution in [3.63, 3.8) is 0 Å². The van der Waals surface area contributed by atoms with Crippen LogP contribution in [0.25, 0.3) is 5.57 Å². The van der Waals surface area contributed by atoms with E-state index in [4.69, 9.17) is 11.6 Å². The quantitative estimate of drug-likeness (QED) is 0.470. The largest absolute Gasteiger partial charge is 0.271 e. The maximum absolute atomic E-state index is 13.4. The molecule has 0 aliphatic rings. The van der Waals surface area contributed by atoms with Crippen molar-refractivity contribution in [2.45, 2.75) is 11.8 Å². The minimum Gasteiger partial charge on any atom is -0.268 e. The van der Waals surface area contributed by atoms with Gasteiger partial charge in [0.25, 0.3) is 15.9 Å². The lowest BCUT2D eigenvalue weighted by molar-refractivity contribution is -0.113. The molecular weight excluding hydrogens is 418 g/mol. The van der Waals surface area contributed by atoms with Crippen LogP contribution in [-0.4, -0.2) is 14.3 Å². The molecule has 0 bridgehead atoms. The number of carbonyl (C=O) groups is 1. The zero-order valence-corrected chi connectivity index (χ0v) is 18.0. The predicted octanol–water partition coefficient (Wildman–Crippen LogP) is 5.62. The molecule has 0 heterocycles. The van der Waals surface area contributed by atoms with Crippen LogP contribution in [0.5, 0.6) is 0 Å². The summed E-state index contributed by atoms with van der Waals surface area (Å²) in [5.41, 5.74) is 2.93. The minimum absolute atomic E-state index is 0.00945. The van der Waals surface area contributed by atoms with E-state index in [-0.39, 0.29) is 10.6 Å². The average molecular weight is 438 g/mol. The van der Waals surface area contributed by atoms with Crippen LogP contribution in [0.4, 0.5) is 5.69 Å². The van der Waals surface area contributed by atoms with Gasteiger partial charge in [0.05, 0.1) is 10.6 Å². The number of sulfonamides is 1. The summed E-state index contributed by atoms with van der Waals surface area (Å²) >= 11 is 5.97. The van der Waals surface area contributed by atoms with Gasteiger partial charge in [0.1, 0.15) is 0 Å². The Morgan fingerprint density at radius 2 is 1.57 bits per heavy atom. The molecule has 152 valence electrons. The first-order chi connectivity index (χ1) is 14.3. The first-order valence-electron chi connectivity index (χ1n) is 9.08. The van der Waals surface area contributed by atoms with Crippen molar-refractivity contribution >= 4 is 38.8 Å². The van der Waals surface area contributed by atoms with E-state index in [2.05, 4.69) is 13.2 Å². The van der Waals surface area contributed by atoms with Crippen molar-refractivity contribution in [1.82, 2.24) is 0 Å². The number of anilines is 1. The standard InChI is InChI=1S/C24H20ClNO3S/c1-4-24(27)26(30(28,29)21-15-9-17(2)10-16-21)23-8-6-5-7-22(23)18(3)19-11-13-20(25)14-12-19/h4-16H,1,3H2,2H3. The molecule has 3 rings (SSSR count). The fourth-order valence-electron chi connectivity index (χ4n) is 2.98. The summed E-state index contributed by atoms with van der Waals surface area (Å²) in [6.45, 7) is 9.45. The lowest BCUT2D eigenvalue weighted by Gasteiger charge is -2.24. The van der Waals surface area contributed by atoms with Crippen LogP contribution in [0.3, 0.4) is 0 Å². The summed E-state index contributed by atoms with van der Waals surface area (Å²) < 4.78 is 27.6.